The van der Waals surface area contributed by atoms with Gasteiger partial charge in [0, 0.05) is 12.1 Å². The Kier molecular flexibility index (Phi) is 5.06. The van der Waals surface area contributed by atoms with Crippen LogP contribution in [-0.4, -0.2) is 18.5 Å². The average Bonchev–Trinajstić information content (AvgIpc) is 3.16. The van der Waals surface area contributed by atoms with Gasteiger partial charge in [0.1, 0.15) is 6.07 Å². The third kappa shape index (κ3) is 3.88. The van der Waals surface area contributed by atoms with Gasteiger partial charge in [0.05, 0.1) is 10.6 Å². The lowest BCUT2D eigenvalue weighted by molar-refractivity contribution is -0.148. The molecule has 2 aliphatic rings. The van der Waals surface area contributed by atoms with Crippen molar-refractivity contribution in [2.45, 2.75) is 32.1 Å². The summed E-state index contributed by atoms with van der Waals surface area (Å²) in [5.41, 5.74) is 0.806. The zero-order chi connectivity index (χ0) is 17.1. The fourth-order valence-electron chi connectivity index (χ4n) is 3.93. The number of carbonyl (C=O) groups is 2. The second-order valence-electron chi connectivity index (χ2n) is 6.65. The van der Waals surface area contributed by atoms with Gasteiger partial charge in [-0.15, -0.1) is 0 Å². The van der Waals surface area contributed by atoms with Gasteiger partial charge in [-0.3, -0.25) is 9.59 Å². The first-order chi connectivity index (χ1) is 11.5. The van der Waals surface area contributed by atoms with Crippen molar-refractivity contribution in [2.24, 2.45) is 17.8 Å². The first kappa shape index (κ1) is 16.8. The van der Waals surface area contributed by atoms with Gasteiger partial charge in [-0.1, -0.05) is 18.0 Å². The van der Waals surface area contributed by atoms with Crippen LogP contribution >= 0.6 is 11.6 Å². The second-order valence-corrected chi connectivity index (χ2v) is 7.06. The van der Waals surface area contributed by atoms with E-state index in [0.29, 0.717) is 29.5 Å². The topological polar surface area (TPSA) is 79.2 Å². The SMILES string of the molecule is N#Cc1ccc(NC(=O)COC(=O)C[C@H]2C[C@@H]3CC[C@@H]2C3)cc1Cl. The molecule has 2 aliphatic carbocycles. The van der Waals surface area contributed by atoms with E-state index in [-0.39, 0.29) is 17.6 Å². The monoisotopic (exact) mass is 346 g/mol. The molecule has 126 valence electrons. The highest BCUT2D eigenvalue weighted by Gasteiger charge is 2.40. The van der Waals surface area contributed by atoms with Crippen molar-refractivity contribution >= 4 is 29.2 Å². The van der Waals surface area contributed by atoms with Gasteiger partial charge >= 0.3 is 5.97 Å². The molecule has 24 heavy (non-hydrogen) atoms. The van der Waals surface area contributed by atoms with Gasteiger partial charge in [-0.05, 0) is 55.2 Å². The molecular formula is C18H19ClN2O3. The Balaban J connectivity index is 1.43. The predicted octanol–water partition coefficient (Wildman–Crippen LogP) is 3.52. The van der Waals surface area contributed by atoms with Crippen LogP contribution in [0.2, 0.25) is 5.02 Å². The largest absolute Gasteiger partial charge is 0.456 e. The molecule has 0 heterocycles. The molecule has 3 rings (SSSR count). The Morgan fingerprint density at radius 1 is 1.33 bits per heavy atom. The summed E-state index contributed by atoms with van der Waals surface area (Å²) in [7, 11) is 0. The molecule has 1 amide bonds. The van der Waals surface area contributed by atoms with E-state index < -0.39 is 5.91 Å². The zero-order valence-electron chi connectivity index (χ0n) is 13.3. The molecule has 2 saturated carbocycles. The molecule has 2 bridgehead atoms. The second kappa shape index (κ2) is 7.23. The third-order valence-electron chi connectivity index (χ3n) is 5.05. The highest BCUT2D eigenvalue weighted by Crippen LogP contribution is 2.49. The van der Waals surface area contributed by atoms with Crippen LogP contribution in [0.15, 0.2) is 18.2 Å². The summed E-state index contributed by atoms with van der Waals surface area (Å²) < 4.78 is 5.08. The summed E-state index contributed by atoms with van der Waals surface area (Å²) in [6.45, 7) is -0.308. The van der Waals surface area contributed by atoms with E-state index in [1.807, 2.05) is 6.07 Å². The Labute approximate surface area is 145 Å². The molecule has 1 aromatic carbocycles. The van der Waals surface area contributed by atoms with Crippen LogP contribution in [0.5, 0.6) is 0 Å². The van der Waals surface area contributed by atoms with Crippen molar-refractivity contribution in [2.75, 3.05) is 11.9 Å². The highest BCUT2D eigenvalue weighted by molar-refractivity contribution is 6.32. The Hall–Kier alpha value is -2.06. The molecule has 2 fully saturated rings. The maximum Gasteiger partial charge on any atom is 0.306 e. The van der Waals surface area contributed by atoms with Gasteiger partial charge < -0.3 is 10.1 Å². The number of esters is 1. The standard InChI is InChI=1S/C18H19ClN2O3/c19-16-8-15(4-3-13(16)9-20)21-17(22)10-24-18(23)7-14-6-11-1-2-12(14)5-11/h3-4,8,11-12,14H,1-2,5-7,10H2,(H,21,22)/t11-,12-,14-/m1/s1. The zero-order valence-corrected chi connectivity index (χ0v) is 14.0. The number of halogens is 1. The van der Waals surface area contributed by atoms with Gasteiger partial charge in [0.2, 0.25) is 0 Å². The number of anilines is 1. The summed E-state index contributed by atoms with van der Waals surface area (Å²) in [4.78, 5) is 23.8. The van der Waals surface area contributed by atoms with Gasteiger partial charge in [0.15, 0.2) is 6.61 Å². The number of nitrogens with one attached hydrogen (secondary N) is 1. The summed E-state index contributed by atoms with van der Waals surface area (Å²) in [6, 6.07) is 6.55. The fraction of sp³-hybridized carbons (Fsp3) is 0.500. The summed E-state index contributed by atoms with van der Waals surface area (Å²) in [5, 5.41) is 11.7. The highest BCUT2D eigenvalue weighted by atomic mass is 35.5. The van der Waals surface area contributed by atoms with Crippen LogP contribution in [0.3, 0.4) is 0 Å². The summed E-state index contributed by atoms with van der Waals surface area (Å²) in [6.07, 6.45) is 5.30. The van der Waals surface area contributed by atoms with E-state index in [0.717, 1.165) is 12.3 Å². The molecule has 6 heteroatoms. The minimum Gasteiger partial charge on any atom is -0.456 e. The average molecular weight is 347 g/mol. The first-order valence-corrected chi connectivity index (χ1v) is 8.58. The van der Waals surface area contributed by atoms with Gasteiger partial charge in [-0.25, -0.2) is 0 Å². The quantitative estimate of drug-likeness (QED) is 0.827. The fourth-order valence-corrected chi connectivity index (χ4v) is 4.15. The molecule has 0 saturated heterocycles. The Morgan fingerprint density at radius 2 is 2.17 bits per heavy atom. The van der Waals surface area contributed by atoms with E-state index in [2.05, 4.69) is 5.32 Å². The maximum absolute atomic E-state index is 11.9. The van der Waals surface area contributed by atoms with Gasteiger partial charge in [0.25, 0.3) is 5.91 Å². The number of rotatable bonds is 5. The number of hydrogen-bond donors (Lipinski definition) is 1. The van der Waals surface area contributed by atoms with Gasteiger partial charge in [-0.2, -0.15) is 5.26 Å². The number of ether oxygens (including phenoxy) is 1. The van der Waals surface area contributed by atoms with Crippen molar-refractivity contribution in [3.05, 3.63) is 28.8 Å². The van der Waals surface area contributed by atoms with Crippen LogP contribution in [0.1, 0.15) is 37.7 Å². The number of hydrogen-bond acceptors (Lipinski definition) is 4. The molecule has 1 aromatic rings. The number of carbonyl (C=O) groups excluding carboxylic acids is 2. The summed E-state index contributed by atoms with van der Waals surface area (Å²) in [5.74, 6) is 1.16. The van der Waals surface area contributed by atoms with Crippen molar-refractivity contribution in [3.63, 3.8) is 0 Å². The van der Waals surface area contributed by atoms with Crippen LogP contribution in [0.25, 0.3) is 0 Å². The maximum atomic E-state index is 11.9. The minimum absolute atomic E-state index is 0.267. The predicted molar refractivity (Wildman–Crippen MR) is 89.3 cm³/mol. The first-order valence-electron chi connectivity index (χ1n) is 8.20. The number of amides is 1. The number of nitrogens with zero attached hydrogens (tertiary/aromatic N) is 1. The van der Waals surface area contributed by atoms with Crippen LogP contribution in [-0.2, 0) is 14.3 Å². The van der Waals surface area contributed by atoms with E-state index in [1.54, 1.807) is 6.07 Å². The Bertz CT molecular complexity index is 698. The van der Waals surface area contributed by atoms with E-state index in [9.17, 15) is 9.59 Å². The molecular weight excluding hydrogens is 328 g/mol. The molecule has 1 N–H and O–H groups in total. The van der Waals surface area contributed by atoms with E-state index >= 15 is 0 Å². The van der Waals surface area contributed by atoms with Crippen molar-refractivity contribution in [1.29, 1.82) is 5.26 Å². The van der Waals surface area contributed by atoms with E-state index in [1.165, 1.54) is 31.4 Å². The lowest BCUT2D eigenvalue weighted by Gasteiger charge is -2.20. The van der Waals surface area contributed by atoms with Crippen molar-refractivity contribution in [3.8, 4) is 6.07 Å². The van der Waals surface area contributed by atoms with Crippen LogP contribution in [0.4, 0.5) is 5.69 Å². The number of fused-ring (bicyclic) bond motifs is 2. The lowest BCUT2D eigenvalue weighted by Crippen LogP contribution is -2.23. The number of nitriles is 1. The normalized spacial score (nSPS) is 24.4. The lowest BCUT2D eigenvalue weighted by atomic mass is 9.86. The molecule has 0 spiro atoms. The number of benzene rings is 1. The van der Waals surface area contributed by atoms with E-state index in [4.69, 9.17) is 21.6 Å². The molecule has 0 radical (unpaired) electrons. The molecule has 3 atom stereocenters. The van der Waals surface area contributed by atoms with Crippen molar-refractivity contribution < 1.29 is 14.3 Å². The smallest absolute Gasteiger partial charge is 0.306 e. The molecule has 0 unspecified atom stereocenters. The van der Waals surface area contributed by atoms with Crippen molar-refractivity contribution in [1.82, 2.24) is 0 Å². The minimum atomic E-state index is -0.419. The van der Waals surface area contributed by atoms with Crippen LogP contribution < -0.4 is 5.32 Å². The molecule has 5 nitrogen and oxygen atoms in total. The molecule has 0 aromatic heterocycles. The molecule has 0 aliphatic heterocycles. The Morgan fingerprint density at radius 3 is 2.79 bits per heavy atom. The van der Waals surface area contributed by atoms with Crippen LogP contribution in [0, 0.1) is 29.1 Å². The summed E-state index contributed by atoms with van der Waals surface area (Å²) >= 11 is 5.91. The third-order valence-corrected chi connectivity index (χ3v) is 5.36.